The zero-order chi connectivity index (χ0) is 9.80. The van der Waals surface area contributed by atoms with Crippen molar-refractivity contribution in [3.63, 3.8) is 0 Å². The van der Waals surface area contributed by atoms with Crippen LogP contribution in [0.4, 0.5) is 0 Å². The molecule has 2 atom stereocenters. The Morgan fingerprint density at radius 3 is 3.21 bits per heavy atom. The quantitative estimate of drug-likeness (QED) is 0.784. The Morgan fingerprint density at radius 2 is 2.64 bits per heavy atom. The van der Waals surface area contributed by atoms with Gasteiger partial charge in [-0.1, -0.05) is 6.07 Å². The summed E-state index contributed by atoms with van der Waals surface area (Å²) in [6.07, 6.45) is 0.257. The lowest BCUT2D eigenvalue weighted by Gasteiger charge is -2.30. The summed E-state index contributed by atoms with van der Waals surface area (Å²) >= 11 is 1.78. The van der Waals surface area contributed by atoms with E-state index in [0.717, 1.165) is 19.7 Å². The average Bonchev–Trinajstić information content (AvgIpc) is 2.74. The maximum atomic E-state index is 5.74. The van der Waals surface area contributed by atoms with Gasteiger partial charge in [0.1, 0.15) is 0 Å². The first-order valence-electron chi connectivity index (χ1n) is 4.95. The number of rotatable bonds is 3. The molecule has 1 saturated heterocycles. The van der Waals surface area contributed by atoms with Crippen molar-refractivity contribution in [1.82, 2.24) is 10.6 Å². The van der Waals surface area contributed by atoms with Gasteiger partial charge in [0.05, 0.1) is 18.8 Å². The second-order valence-electron chi connectivity index (χ2n) is 3.40. The summed E-state index contributed by atoms with van der Waals surface area (Å²) in [7, 11) is 1.99. The molecule has 0 spiro atoms. The molecule has 14 heavy (non-hydrogen) atoms. The van der Waals surface area contributed by atoms with Gasteiger partial charge in [0, 0.05) is 18.0 Å². The third-order valence-electron chi connectivity index (χ3n) is 2.49. The van der Waals surface area contributed by atoms with Crippen LogP contribution in [0.2, 0.25) is 0 Å². The van der Waals surface area contributed by atoms with Gasteiger partial charge in [-0.2, -0.15) is 0 Å². The van der Waals surface area contributed by atoms with Gasteiger partial charge in [-0.05, 0) is 18.5 Å². The summed E-state index contributed by atoms with van der Waals surface area (Å²) in [5.74, 6) is 0. The molecule has 0 saturated carbocycles. The van der Waals surface area contributed by atoms with Gasteiger partial charge in [0.15, 0.2) is 0 Å². The fraction of sp³-hybridized carbons (Fsp3) is 0.600. The van der Waals surface area contributed by atoms with Crippen molar-refractivity contribution in [3.05, 3.63) is 22.4 Å². The van der Waals surface area contributed by atoms with Crippen molar-refractivity contribution in [2.24, 2.45) is 0 Å². The van der Waals surface area contributed by atoms with Gasteiger partial charge in [-0.25, -0.2) is 0 Å². The number of thiophene rings is 1. The van der Waals surface area contributed by atoms with E-state index in [1.165, 1.54) is 4.88 Å². The van der Waals surface area contributed by atoms with Crippen LogP contribution in [0.3, 0.4) is 0 Å². The molecule has 1 aliphatic heterocycles. The first-order valence-corrected chi connectivity index (χ1v) is 5.83. The highest BCUT2D eigenvalue weighted by Crippen LogP contribution is 2.23. The maximum absolute atomic E-state index is 5.74. The minimum absolute atomic E-state index is 0.257. The molecule has 2 unspecified atom stereocenters. The highest BCUT2D eigenvalue weighted by atomic mass is 32.1. The van der Waals surface area contributed by atoms with Crippen molar-refractivity contribution in [2.45, 2.75) is 12.1 Å². The van der Waals surface area contributed by atoms with Crippen LogP contribution in [0.25, 0.3) is 0 Å². The molecule has 0 aromatic carbocycles. The lowest BCUT2D eigenvalue weighted by atomic mass is 10.1. The Morgan fingerprint density at radius 1 is 1.71 bits per heavy atom. The molecule has 1 aliphatic rings. The molecule has 0 radical (unpaired) electrons. The van der Waals surface area contributed by atoms with E-state index < -0.39 is 0 Å². The Hall–Kier alpha value is -0.420. The summed E-state index contributed by atoms with van der Waals surface area (Å²) in [5, 5.41) is 8.78. The first-order chi connectivity index (χ1) is 6.92. The number of likely N-dealkylation sites (N-methyl/N-ethyl adjacent to an activating group) is 1. The van der Waals surface area contributed by atoms with Gasteiger partial charge < -0.3 is 15.4 Å². The standard InChI is InChI=1S/C10H16N2OS/c1-11-10(9-3-2-6-14-9)8-7-12-4-5-13-8/h2-3,6,8,10-12H,4-5,7H2,1H3. The predicted octanol–water partition coefficient (Wildman–Crippen LogP) is 0.997. The Balaban J connectivity index is 2.04. The van der Waals surface area contributed by atoms with E-state index in [1.54, 1.807) is 11.3 Å². The van der Waals surface area contributed by atoms with E-state index >= 15 is 0 Å². The van der Waals surface area contributed by atoms with E-state index in [9.17, 15) is 0 Å². The Bertz CT molecular complexity index is 257. The van der Waals surface area contributed by atoms with E-state index in [2.05, 4.69) is 28.1 Å². The van der Waals surface area contributed by atoms with E-state index in [0.29, 0.717) is 6.04 Å². The van der Waals surface area contributed by atoms with Crippen LogP contribution in [0.1, 0.15) is 10.9 Å². The minimum Gasteiger partial charge on any atom is -0.374 e. The fourth-order valence-corrected chi connectivity index (χ4v) is 2.67. The molecule has 0 aliphatic carbocycles. The van der Waals surface area contributed by atoms with Crippen LogP contribution in [-0.4, -0.2) is 32.8 Å². The number of hydrogen-bond acceptors (Lipinski definition) is 4. The summed E-state index contributed by atoms with van der Waals surface area (Å²) < 4.78 is 5.74. The lowest BCUT2D eigenvalue weighted by molar-refractivity contribution is 0.00613. The van der Waals surface area contributed by atoms with Crippen LogP contribution < -0.4 is 10.6 Å². The molecule has 0 amide bonds. The van der Waals surface area contributed by atoms with Gasteiger partial charge in [0.2, 0.25) is 0 Å². The number of hydrogen-bond donors (Lipinski definition) is 2. The van der Waals surface area contributed by atoms with E-state index in [4.69, 9.17) is 4.74 Å². The van der Waals surface area contributed by atoms with Crippen LogP contribution in [0.5, 0.6) is 0 Å². The van der Waals surface area contributed by atoms with Crippen molar-refractivity contribution in [1.29, 1.82) is 0 Å². The third kappa shape index (κ3) is 2.15. The van der Waals surface area contributed by atoms with Crippen LogP contribution in [0.15, 0.2) is 17.5 Å². The summed E-state index contributed by atoms with van der Waals surface area (Å²) in [4.78, 5) is 1.35. The molecule has 78 valence electrons. The SMILES string of the molecule is CNC(c1cccs1)C1CNCCO1. The summed E-state index contributed by atoms with van der Waals surface area (Å²) in [6.45, 7) is 2.72. The molecule has 1 aromatic rings. The van der Waals surface area contributed by atoms with Crippen LogP contribution in [-0.2, 0) is 4.74 Å². The second-order valence-corrected chi connectivity index (χ2v) is 4.37. The third-order valence-corrected chi connectivity index (χ3v) is 3.44. The smallest absolute Gasteiger partial charge is 0.0902 e. The molecule has 2 N–H and O–H groups in total. The molecule has 2 rings (SSSR count). The van der Waals surface area contributed by atoms with E-state index in [-0.39, 0.29) is 6.10 Å². The second kappa shape index (κ2) is 4.89. The summed E-state index contributed by atoms with van der Waals surface area (Å²) in [6, 6.07) is 4.56. The minimum atomic E-state index is 0.257. The maximum Gasteiger partial charge on any atom is 0.0902 e. The largest absolute Gasteiger partial charge is 0.374 e. The first kappa shape index (κ1) is 10.1. The summed E-state index contributed by atoms with van der Waals surface area (Å²) in [5.41, 5.74) is 0. The average molecular weight is 212 g/mol. The monoisotopic (exact) mass is 212 g/mol. The topological polar surface area (TPSA) is 33.3 Å². The molecule has 3 nitrogen and oxygen atoms in total. The van der Waals surface area contributed by atoms with Crippen molar-refractivity contribution >= 4 is 11.3 Å². The molecule has 1 aromatic heterocycles. The van der Waals surface area contributed by atoms with Crippen molar-refractivity contribution < 1.29 is 4.74 Å². The predicted molar refractivity (Wildman–Crippen MR) is 58.7 cm³/mol. The van der Waals surface area contributed by atoms with Gasteiger partial charge in [-0.3, -0.25) is 0 Å². The number of nitrogens with one attached hydrogen (secondary N) is 2. The van der Waals surface area contributed by atoms with E-state index in [1.807, 2.05) is 7.05 Å². The lowest BCUT2D eigenvalue weighted by Crippen LogP contribution is -2.45. The fourth-order valence-electron chi connectivity index (χ4n) is 1.78. The molecule has 2 heterocycles. The van der Waals surface area contributed by atoms with Crippen LogP contribution in [0, 0.1) is 0 Å². The van der Waals surface area contributed by atoms with Gasteiger partial charge >= 0.3 is 0 Å². The Kier molecular flexibility index (Phi) is 3.53. The van der Waals surface area contributed by atoms with Gasteiger partial charge in [0.25, 0.3) is 0 Å². The van der Waals surface area contributed by atoms with Crippen LogP contribution >= 0.6 is 11.3 Å². The molecular weight excluding hydrogens is 196 g/mol. The number of morpholine rings is 1. The highest BCUT2D eigenvalue weighted by Gasteiger charge is 2.24. The highest BCUT2D eigenvalue weighted by molar-refractivity contribution is 7.10. The van der Waals surface area contributed by atoms with Gasteiger partial charge in [-0.15, -0.1) is 11.3 Å². The normalized spacial score (nSPS) is 24.8. The molecule has 1 fully saturated rings. The van der Waals surface area contributed by atoms with Crippen molar-refractivity contribution in [2.75, 3.05) is 26.7 Å². The Labute approximate surface area is 88.5 Å². The van der Waals surface area contributed by atoms with Crippen molar-refractivity contribution in [3.8, 4) is 0 Å². The zero-order valence-corrected chi connectivity index (χ0v) is 9.14. The molecular formula is C10H16N2OS. The number of ether oxygens (including phenoxy) is 1. The zero-order valence-electron chi connectivity index (χ0n) is 8.32. The molecule has 0 bridgehead atoms. The molecule has 4 heteroatoms.